The molecule has 0 aromatic rings. The Morgan fingerprint density at radius 2 is 1.73 bits per heavy atom. The standard InChI is InChI=1S/C11H12/c1-10(2)11-8-6-4-3-5-7-9-11/h3-9H,1H2,2H3/b4-3-,5-3?,6-4?,7-5-,8-6?,9-7?,11-8?,11-9?. The highest BCUT2D eigenvalue weighted by atomic mass is 13.9. The van der Waals surface area contributed by atoms with Gasteiger partial charge in [0.1, 0.15) is 0 Å². The molecule has 0 heterocycles. The zero-order chi connectivity index (χ0) is 8.10. The van der Waals surface area contributed by atoms with E-state index in [1.165, 1.54) is 5.57 Å². The van der Waals surface area contributed by atoms with Crippen LogP contribution in [0.4, 0.5) is 0 Å². The lowest BCUT2D eigenvalue weighted by molar-refractivity contribution is 1.45. The highest BCUT2D eigenvalue weighted by molar-refractivity contribution is 5.41. The van der Waals surface area contributed by atoms with Gasteiger partial charge in [0, 0.05) is 0 Å². The first-order valence-corrected chi connectivity index (χ1v) is 3.68. The van der Waals surface area contributed by atoms with Crippen molar-refractivity contribution >= 4 is 0 Å². The molecule has 0 saturated heterocycles. The van der Waals surface area contributed by atoms with Crippen LogP contribution in [0, 0.1) is 0 Å². The van der Waals surface area contributed by atoms with Crippen molar-refractivity contribution in [3.63, 3.8) is 0 Å². The first-order chi connectivity index (χ1) is 5.30. The molecule has 0 amide bonds. The van der Waals surface area contributed by atoms with E-state index in [1.807, 2.05) is 37.3 Å². The fourth-order valence-corrected chi connectivity index (χ4v) is 0.851. The molecule has 0 aromatic heterocycles. The molecule has 0 atom stereocenters. The summed E-state index contributed by atoms with van der Waals surface area (Å²) in [6.45, 7) is 5.88. The van der Waals surface area contributed by atoms with Crippen LogP contribution in [0.25, 0.3) is 0 Å². The third-order valence-corrected chi connectivity index (χ3v) is 1.49. The first-order valence-electron chi connectivity index (χ1n) is 3.68. The van der Waals surface area contributed by atoms with Gasteiger partial charge in [0.25, 0.3) is 0 Å². The van der Waals surface area contributed by atoms with Crippen LogP contribution in [-0.2, 0) is 0 Å². The van der Waals surface area contributed by atoms with Gasteiger partial charge in [-0.05, 0) is 12.5 Å². The molecule has 56 valence electrons. The van der Waals surface area contributed by atoms with Crippen LogP contribution in [-0.4, -0.2) is 0 Å². The lowest BCUT2D eigenvalue weighted by atomic mass is 10.1. The fourth-order valence-electron chi connectivity index (χ4n) is 0.851. The summed E-state index contributed by atoms with van der Waals surface area (Å²) in [4.78, 5) is 0. The molecule has 0 unspecified atom stereocenters. The monoisotopic (exact) mass is 144 g/mol. The van der Waals surface area contributed by atoms with Crippen molar-refractivity contribution in [2.45, 2.75) is 6.92 Å². The Kier molecular flexibility index (Phi) is 2.67. The van der Waals surface area contributed by atoms with E-state index in [9.17, 15) is 0 Å². The van der Waals surface area contributed by atoms with Gasteiger partial charge in [0.05, 0.1) is 0 Å². The summed E-state index contributed by atoms with van der Waals surface area (Å²) >= 11 is 0. The zero-order valence-electron chi connectivity index (χ0n) is 6.75. The largest absolute Gasteiger partial charge is 0.0955 e. The van der Waals surface area contributed by atoms with Crippen molar-refractivity contribution in [2.75, 3.05) is 0 Å². The molecule has 11 heavy (non-hydrogen) atoms. The Balaban J connectivity index is 2.87. The average molecular weight is 144 g/mol. The summed E-state index contributed by atoms with van der Waals surface area (Å²) in [7, 11) is 0. The molecule has 0 radical (unpaired) electrons. The van der Waals surface area contributed by atoms with Crippen molar-refractivity contribution in [2.24, 2.45) is 0 Å². The maximum Gasteiger partial charge on any atom is -0.0233 e. The quantitative estimate of drug-likeness (QED) is 0.530. The number of rotatable bonds is 1. The van der Waals surface area contributed by atoms with Gasteiger partial charge in [-0.15, -0.1) is 0 Å². The lowest BCUT2D eigenvalue weighted by Gasteiger charge is -1.98. The Hall–Kier alpha value is -1.30. The molecule has 0 heteroatoms. The van der Waals surface area contributed by atoms with Crippen molar-refractivity contribution in [3.05, 3.63) is 60.3 Å². The molecule has 1 aliphatic carbocycles. The molecular weight excluding hydrogens is 132 g/mol. The van der Waals surface area contributed by atoms with Crippen molar-refractivity contribution in [1.29, 1.82) is 0 Å². The van der Waals surface area contributed by atoms with E-state index in [4.69, 9.17) is 0 Å². The predicted octanol–water partition coefficient (Wildman–Crippen LogP) is 3.17. The topological polar surface area (TPSA) is 0 Å². The Labute approximate surface area is 67.9 Å². The molecule has 0 saturated carbocycles. The minimum Gasteiger partial charge on any atom is -0.0955 e. The lowest BCUT2D eigenvalue weighted by Crippen LogP contribution is -1.78. The number of hydrogen-bond acceptors (Lipinski definition) is 0. The summed E-state index contributed by atoms with van der Waals surface area (Å²) < 4.78 is 0. The summed E-state index contributed by atoms with van der Waals surface area (Å²) in [6, 6.07) is 0. The second kappa shape index (κ2) is 3.77. The van der Waals surface area contributed by atoms with Crippen molar-refractivity contribution in [1.82, 2.24) is 0 Å². The van der Waals surface area contributed by atoms with Crippen LogP contribution in [0.1, 0.15) is 6.92 Å². The van der Waals surface area contributed by atoms with Gasteiger partial charge in [-0.1, -0.05) is 54.7 Å². The van der Waals surface area contributed by atoms with Crippen LogP contribution in [0.5, 0.6) is 0 Å². The highest BCUT2D eigenvalue weighted by Crippen LogP contribution is 2.09. The predicted molar refractivity (Wildman–Crippen MR) is 50.3 cm³/mol. The van der Waals surface area contributed by atoms with Crippen LogP contribution in [0.15, 0.2) is 60.3 Å². The Bertz CT molecular complexity index is 260. The molecule has 0 aromatic carbocycles. The van der Waals surface area contributed by atoms with Gasteiger partial charge in [-0.2, -0.15) is 0 Å². The van der Waals surface area contributed by atoms with Gasteiger partial charge in [0.15, 0.2) is 0 Å². The van der Waals surface area contributed by atoms with E-state index in [2.05, 4.69) is 18.7 Å². The van der Waals surface area contributed by atoms with Gasteiger partial charge < -0.3 is 0 Å². The molecule has 0 nitrogen and oxygen atoms in total. The van der Waals surface area contributed by atoms with Gasteiger partial charge >= 0.3 is 0 Å². The van der Waals surface area contributed by atoms with Gasteiger partial charge in [-0.3, -0.25) is 0 Å². The summed E-state index contributed by atoms with van der Waals surface area (Å²) in [5.74, 6) is 0. The minimum atomic E-state index is 1.10. The van der Waals surface area contributed by atoms with Crippen LogP contribution in [0.2, 0.25) is 0 Å². The normalized spacial score (nSPS) is 21.4. The summed E-state index contributed by atoms with van der Waals surface area (Å²) in [5.41, 5.74) is 2.28. The molecule has 1 rings (SSSR count). The molecule has 0 bridgehead atoms. The molecule has 0 N–H and O–H groups in total. The third-order valence-electron chi connectivity index (χ3n) is 1.49. The van der Waals surface area contributed by atoms with E-state index in [1.54, 1.807) is 0 Å². The Morgan fingerprint density at radius 1 is 1.09 bits per heavy atom. The molecular formula is C11H12. The van der Waals surface area contributed by atoms with Crippen LogP contribution >= 0.6 is 0 Å². The van der Waals surface area contributed by atoms with Gasteiger partial charge in [0.2, 0.25) is 0 Å². The summed E-state index contributed by atoms with van der Waals surface area (Å²) in [6.07, 6.45) is 14.2. The highest BCUT2D eigenvalue weighted by Gasteiger charge is 1.89. The zero-order valence-corrected chi connectivity index (χ0v) is 6.75. The van der Waals surface area contributed by atoms with Crippen LogP contribution in [0.3, 0.4) is 0 Å². The number of hydrogen-bond donors (Lipinski definition) is 0. The smallest absolute Gasteiger partial charge is 0.0233 e. The SMILES string of the molecule is C=C(C)C1=C/C=C\C=C/C=C1. The van der Waals surface area contributed by atoms with E-state index < -0.39 is 0 Å². The van der Waals surface area contributed by atoms with Crippen LogP contribution < -0.4 is 0 Å². The summed E-state index contributed by atoms with van der Waals surface area (Å²) in [5, 5.41) is 0. The second-order valence-electron chi connectivity index (χ2n) is 2.53. The molecule has 0 fully saturated rings. The molecule has 0 aliphatic heterocycles. The number of allylic oxidation sites excluding steroid dienone is 9. The minimum absolute atomic E-state index is 1.10. The van der Waals surface area contributed by atoms with Crippen molar-refractivity contribution < 1.29 is 0 Å². The van der Waals surface area contributed by atoms with Gasteiger partial charge in [-0.25, -0.2) is 0 Å². The average Bonchev–Trinajstić information content (AvgIpc) is 1.84. The second-order valence-corrected chi connectivity index (χ2v) is 2.53. The first kappa shape index (κ1) is 7.80. The fraction of sp³-hybridized carbons (Fsp3) is 0.0909. The van der Waals surface area contributed by atoms with E-state index in [-0.39, 0.29) is 0 Å². The Morgan fingerprint density at radius 3 is 2.45 bits per heavy atom. The third kappa shape index (κ3) is 2.42. The van der Waals surface area contributed by atoms with Crippen molar-refractivity contribution in [3.8, 4) is 0 Å². The molecule has 0 spiro atoms. The maximum absolute atomic E-state index is 3.87. The van der Waals surface area contributed by atoms with E-state index in [0.717, 1.165) is 5.57 Å². The van der Waals surface area contributed by atoms with E-state index >= 15 is 0 Å². The maximum atomic E-state index is 3.87. The van der Waals surface area contributed by atoms with E-state index in [0.29, 0.717) is 0 Å². The molecule has 1 aliphatic rings.